The summed E-state index contributed by atoms with van der Waals surface area (Å²) in [5.41, 5.74) is 0.927. The number of rotatable bonds is 5. The fourth-order valence-electron chi connectivity index (χ4n) is 3.26. The lowest BCUT2D eigenvalue weighted by Gasteiger charge is -2.53. The average molecular weight is 280 g/mol. The first kappa shape index (κ1) is 17.2. The van der Waals surface area contributed by atoms with Gasteiger partial charge in [0.25, 0.3) is 0 Å². The van der Waals surface area contributed by atoms with Gasteiger partial charge in [0.05, 0.1) is 0 Å². The Morgan fingerprint density at radius 2 is 1.75 bits per heavy atom. The summed E-state index contributed by atoms with van der Waals surface area (Å²) < 4.78 is 0. The predicted octanol–water partition coefficient (Wildman–Crippen LogP) is 3.50. The minimum absolute atomic E-state index is 0.0413. The molecule has 20 heavy (non-hydrogen) atoms. The van der Waals surface area contributed by atoms with Crippen LogP contribution in [0, 0.1) is 0 Å². The van der Waals surface area contributed by atoms with Gasteiger partial charge in [-0.3, -0.25) is 9.69 Å². The second-order valence-electron chi connectivity index (χ2n) is 7.47. The summed E-state index contributed by atoms with van der Waals surface area (Å²) in [7, 11) is 2.18. The SMILES string of the molecule is C=C(CCCC)C(=O)NC1CC(C)(C)N(C)C(C)(C)C1. The normalized spacial score (nSPS) is 22.5. The molecule has 1 amide bonds. The molecule has 0 aromatic heterocycles. The molecule has 0 atom stereocenters. The van der Waals surface area contributed by atoms with Crippen molar-refractivity contribution >= 4 is 5.91 Å². The Balaban J connectivity index is 2.65. The number of carbonyl (C=O) groups excluding carboxylic acids is 1. The van der Waals surface area contributed by atoms with Crippen molar-refractivity contribution in [1.82, 2.24) is 10.2 Å². The largest absolute Gasteiger partial charge is 0.349 e. The van der Waals surface area contributed by atoms with Gasteiger partial charge < -0.3 is 5.32 Å². The highest BCUT2D eigenvalue weighted by Crippen LogP contribution is 2.36. The molecule has 0 aromatic carbocycles. The quantitative estimate of drug-likeness (QED) is 0.782. The van der Waals surface area contributed by atoms with Gasteiger partial charge in [-0.25, -0.2) is 0 Å². The van der Waals surface area contributed by atoms with E-state index in [0.29, 0.717) is 0 Å². The van der Waals surface area contributed by atoms with Crippen molar-refractivity contribution in [2.45, 2.75) is 83.8 Å². The fraction of sp³-hybridized carbons (Fsp3) is 0.824. The van der Waals surface area contributed by atoms with Crippen molar-refractivity contribution < 1.29 is 4.79 Å². The van der Waals surface area contributed by atoms with Gasteiger partial charge in [-0.1, -0.05) is 19.9 Å². The van der Waals surface area contributed by atoms with Crippen LogP contribution in [-0.2, 0) is 4.79 Å². The van der Waals surface area contributed by atoms with Gasteiger partial charge in [0, 0.05) is 22.7 Å². The van der Waals surface area contributed by atoms with Gasteiger partial charge in [0.15, 0.2) is 0 Å². The lowest BCUT2D eigenvalue weighted by Crippen LogP contribution is -2.62. The van der Waals surface area contributed by atoms with E-state index in [1.165, 1.54) is 0 Å². The van der Waals surface area contributed by atoms with Crippen LogP contribution in [0.3, 0.4) is 0 Å². The third-order valence-electron chi connectivity index (χ3n) is 4.80. The van der Waals surface area contributed by atoms with E-state index >= 15 is 0 Å². The Morgan fingerprint density at radius 3 is 2.20 bits per heavy atom. The zero-order valence-corrected chi connectivity index (χ0v) is 14.2. The Kier molecular flexibility index (Phi) is 5.42. The molecular weight excluding hydrogens is 248 g/mol. The van der Waals surface area contributed by atoms with Crippen molar-refractivity contribution in [2.75, 3.05) is 7.05 Å². The second kappa shape index (κ2) is 6.30. The van der Waals surface area contributed by atoms with Gasteiger partial charge in [0.1, 0.15) is 0 Å². The van der Waals surface area contributed by atoms with Crippen LogP contribution < -0.4 is 5.32 Å². The lowest BCUT2D eigenvalue weighted by molar-refractivity contribution is -0.119. The molecule has 1 saturated heterocycles. The number of hydrogen-bond donors (Lipinski definition) is 1. The second-order valence-corrected chi connectivity index (χ2v) is 7.47. The van der Waals surface area contributed by atoms with E-state index in [0.717, 1.165) is 37.7 Å². The molecule has 1 aliphatic heterocycles. The minimum Gasteiger partial charge on any atom is -0.349 e. The van der Waals surface area contributed by atoms with Crippen molar-refractivity contribution in [3.05, 3.63) is 12.2 Å². The fourth-order valence-corrected chi connectivity index (χ4v) is 3.26. The topological polar surface area (TPSA) is 32.3 Å². The van der Waals surface area contributed by atoms with Crippen LogP contribution in [0.4, 0.5) is 0 Å². The number of likely N-dealkylation sites (tertiary alicyclic amines) is 1. The Morgan fingerprint density at radius 1 is 1.25 bits per heavy atom. The first-order chi connectivity index (χ1) is 9.10. The molecule has 0 aliphatic carbocycles. The van der Waals surface area contributed by atoms with Gasteiger partial charge >= 0.3 is 0 Å². The highest BCUT2D eigenvalue weighted by atomic mass is 16.1. The van der Waals surface area contributed by atoms with Crippen molar-refractivity contribution in [3.63, 3.8) is 0 Å². The molecule has 3 nitrogen and oxygen atoms in total. The van der Waals surface area contributed by atoms with Crippen molar-refractivity contribution in [1.29, 1.82) is 0 Å². The molecule has 0 saturated carbocycles. The highest BCUT2D eigenvalue weighted by molar-refractivity contribution is 5.92. The number of nitrogens with zero attached hydrogens (tertiary/aromatic N) is 1. The summed E-state index contributed by atoms with van der Waals surface area (Å²) in [6.45, 7) is 15.1. The van der Waals surface area contributed by atoms with E-state index < -0.39 is 0 Å². The number of unbranched alkanes of at least 4 members (excludes halogenated alkanes) is 1. The standard InChI is InChI=1S/C17H32N2O/c1-8-9-10-13(2)15(20)18-14-11-16(3,4)19(7)17(5,6)12-14/h14H,2,8-12H2,1,3-7H3,(H,18,20). The predicted molar refractivity (Wildman–Crippen MR) is 85.8 cm³/mol. The smallest absolute Gasteiger partial charge is 0.246 e. The summed E-state index contributed by atoms with van der Waals surface area (Å²) >= 11 is 0. The maximum atomic E-state index is 12.2. The maximum absolute atomic E-state index is 12.2. The van der Waals surface area contributed by atoms with Crippen molar-refractivity contribution in [2.24, 2.45) is 0 Å². The third kappa shape index (κ3) is 4.08. The number of amides is 1. The molecule has 3 heteroatoms. The Hall–Kier alpha value is -0.830. The van der Waals surface area contributed by atoms with Crippen LogP contribution in [0.1, 0.15) is 66.7 Å². The van der Waals surface area contributed by atoms with Gasteiger partial charge in [-0.15, -0.1) is 0 Å². The van der Waals surface area contributed by atoms with E-state index in [2.05, 4.69) is 58.5 Å². The molecule has 0 unspecified atom stereocenters. The number of nitrogens with one attached hydrogen (secondary N) is 1. The molecule has 0 bridgehead atoms. The third-order valence-corrected chi connectivity index (χ3v) is 4.80. The zero-order valence-electron chi connectivity index (χ0n) is 14.2. The van der Waals surface area contributed by atoms with Crippen LogP contribution >= 0.6 is 0 Å². The molecule has 1 N–H and O–H groups in total. The molecule has 0 spiro atoms. The number of carbonyl (C=O) groups is 1. The molecule has 1 aliphatic rings. The first-order valence-corrected chi connectivity index (χ1v) is 7.83. The molecule has 0 radical (unpaired) electrons. The average Bonchev–Trinajstić information content (AvgIpc) is 2.32. The Bertz CT molecular complexity index is 353. The number of piperidine rings is 1. The van der Waals surface area contributed by atoms with E-state index in [9.17, 15) is 4.79 Å². The van der Waals surface area contributed by atoms with Crippen LogP contribution in [0.5, 0.6) is 0 Å². The van der Waals surface area contributed by atoms with E-state index in [1.807, 2.05) is 0 Å². The van der Waals surface area contributed by atoms with Crippen LogP contribution in [0.2, 0.25) is 0 Å². The first-order valence-electron chi connectivity index (χ1n) is 7.83. The maximum Gasteiger partial charge on any atom is 0.246 e. The van der Waals surface area contributed by atoms with E-state index in [1.54, 1.807) is 0 Å². The molecule has 0 aromatic rings. The van der Waals surface area contributed by atoms with Gasteiger partial charge in [-0.05, 0) is 60.4 Å². The van der Waals surface area contributed by atoms with Crippen molar-refractivity contribution in [3.8, 4) is 0 Å². The zero-order chi connectivity index (χ0) is 15.6. The van der Waals surface area contributed by atoms with E-state index in [4.69, 9.17) is 0 Å². The Labute approximate surface area is 124 Å². The monoisotopic (exact) mass is 280 g/mol. The van der Waals surface area contributed by atoms with Gasteiger partial charge in [-0.2, -0.15) is 0 Å². The van der Waals surface area contributed by atoms with Gasteiger partial charge in [0.2, 0.25) is 5.91 Å². The summed E-state index contributed by atoms with van der Waals surface area (Å²) in [6.07, 6.45) is 4.92. The summed E-state index contributed by atoms with van der Waals surface area (Å²) in [5.74, 6) is 0.0413. The molecule has 1 heterocycles. The summed E-state index contributed by atoms with van der Waals surface area (Å²) in [6, 6.07) is 0.238. The van der Waals surface area contributed by atoms with Crippen LogP contribution in [0.15, 0.2) is 12.2 Å². The molecule has 1 rings (SSSR count). The minimum atomic E-state index is 0.0413. The van der Waals surface area contributed by atoms with E-state index in [-0.39, 0.29) is 23.0 Å². The molecule has 116 valence electrons. The van der Waals surface area contributed by atoms with Crippen LogP contribution in [0.25, 0.3) is 0 Å². The lowest BCUT2D eigenvalue weighted by atomic mass is 9.77. The number of hydrogen-bond acceptors (Lipinski definition) is 2. The molecular formula is C17H32N2O. The molecule has 1 fully saturated rings. The van der Waals surface area contributed by atoms with Crippen LogP contribution in [-0.4, -0.2) is 35.0 Å². The summed E-state index contributed by atoms with van der Waals surface area (Å²) in [4.78, 5) is 14.6. The highest BCUT2D eigenvalue weighted by Gasteiger charge is 2.43. The summed E-state index contributed by atoms with van der Waals surface area (Å²) in [5, 5.41) is 3.19.